The summed E-state index contributed by atoms with van der Waals surface area (Å²) in [6, 6.07) is 4.83. The minimum atomic E-state index is -4.12. The van der Waals surface area contributed by atoms with Crippen LogP contribution in [0.3, 0.4) is 0 Å². The van der Waals surface area contributed by atoms with Gasteiger partial charge in [0.2, 0.25) is 0 Å². The maximum absolute atomic E-state index is 11.2. The molecule has 0 spiro atoms. The molecule has 1 N–H and O–H groups in total. The minimum Gasteiger partial charge on any atom is -0.381 e. The Morgan fingerprint density at radius 2 is 1.84 bits per heavy atom. The van der Waals surface area contributed by atoms with Crippen molar-refractivity contribution >= 4 is 10.1 Å². The lowest BCUT2D eigenvalue weighted by atomic mass is 9.81. The van der Waals surface area contributed by atoms with Gasteiger partial charge in [0.15, 0.2) is 0 Å². The van der Waals surface area contributed by atoms with Gasteiger partial charge < -0.3 is 4.74 Å². The minimum absolute atomic E-state index is 0.0121. The lowest BCUT2D eigenvalue weighted by Gasteiger charge is -2.29. The largest absolute Gasteiger partial charge is 0.381 e. The third-order valence-corrected chi connectivity index (χ3v) is 4.85. The topological polar surface area (TPSA) is 63.6 Å². The van der Waals surface area contributed by atoms with E-state index in [2.05, 4.69) is 0 Å². The number of hydrogen-bond donors (Lipinski definition) is 1. The third kappa shape index (κ3) is 3.35. The van der Waals surface area contributed by atoms with Gasteiger partial charge in [0.1, 0.15) is 0 Å². The quantitative estimate of drug-likeness (QED) is 0.867. The van der Waals surface area contributed by atoms with Gasteiger partial charge in [-0.2, -0.15) is 8.42 Å². The monoisotopic (exact) mass is 284 g/mol. The molecule has 0 saturated heterocycles. The molecule has 5 heteroatoms. The molecule has 0 atom stereocenters. The molecular formula is C14H20O4S. The highest BCUT2D eigenvalue weighted by atomic mass is 32.2. The predicted octanol–water partition coefficient (Wildman–Crippen LogP) is 2.91. The molecule has 1 fully saturated rings. The van der Waals surface area contributed by atoms with Crippen molar-refractivity contribution in [1.82, 2.24) is 0 Å². The summed E-state index contributed by atoms with van der Waals surface area (Å²) < 4.78 is 36.9. The molecule has 1 aromatic carbocycles. The molecule has 0 bridgehead atoms. The zero-order chi connectivity index (χ0) is 14.0. The van der Waals surface area contributed by atoms with Gasteiger partial charge in [0.05, 0.1) is 11.0 Å². The van der Waals surface area contributed by atoms with Crippen LogP contribution in [0.5, 0.6) is 0 Å². The maximum atomic E-state index is 11.2. The van der Waals surface area contributed by atoms with Crippen LogP contribution >= 0.6 is 0 Å². The Hall–Kier alpha value is -0.910. The summed E-state index contributed by atoms with van der Waals surface area (Å²) in [5, 5.41) is 0. The smallest absolute Gasteiger partial charge is 0.294 e. The van der Waals surface area contributed by atoms with E-state index >= 15 is 0 Å². The van der Waals surface area contributed by atoms with Crippen LogP contribution in [0.1, 0.15) is 42.7 Å². The van der Waals surface area contributed by atoms with E-state index in [9.17, 15) is 8.42 Å². The van der Waals surface area contributed by atoms with Crippen LogP contribution in [0.2, 0.25) is 0 Å². The van der Waals surface area contributed by atoms with E-state index in [1.165, 1.54) is 6.07 Å². The fourth-order valence-corrected chi connectivity index (χ4v) is 3.34. The average molecular weight is 284 g/mol. The van der Waals surface area contributed by atoms with Crippen molar-refractivity contribution in [1.29, 1.82) is 0 Å². The Bertz CT molecular complexity index is 543. The van der Waals surface area contributed by atoms with Crippen LogP contribution < -0.4 is 0 Å². The highest BCUT2D eigenvalue weighted by Crippen LogP contribution is 2.36. The van der Waals surface area contributed by atoms with Crippen LogP contribution in [0.25, 0.3) is 0 Å². The number of methoxy groups -OCH3 is 1. The molecule has 19 heavy (non-hydrogen) atoms. The first-order chi connectivity index (χ1) is 8.91. The molecule has 1 aliphatic carbocycles. The average Bonchev–Trinajstić information content (AvgIpc) is 2.38. The fraction of sp³-hybridized carbons (Fsp3) is 0.571. The summed E-state index contributed by atoms with van der Waals surface area (Å²) in [7, 11) is -2.39. The van der Waals surface area contributed by atoms with Gasteiger partial charge in [0, 0.05) is 7.11 Å². The summed E-state index contributed by atoms with van der Waals surface area (Å²) in [5.74, 6) is 0.355. The standard InChI is InChI=1S/C14H20O4S/c1-10-3-8-13(19(15,16)17)9-14(10)11-4-6-12(18-2)7-5-11/h3,8-9,11-12H,4-7H2,1-2H3,(H,15,16,17)/t11-,12+. The molecule has 1 saturated carbocycles. The second-order valence-corrected chi connectivity index (χ2v) is 6.62. The number of benzene rings is 1. The first-order valence-electron chi connectivity index (χ1n) is 6.52. The van der Waals surface area contributed by atoms with Gasteiger partial charge in [-0.1, -0.05) is 6.07 Å². The summed E-state index contributed by atoms with van der Waals surface area (Å²) in [6.45, 7) is 1.98. The molecule has 0 radical (unpaired) electrons. The number of hydrogen-bond acceptors (Lipinski definition) is 3. The zero-order valence-corrected chi connectivity index (χ0v) is 12.1. The molecule has 4 nitrogen and oxygen atoms in total. The van der Waals surface area contributed by atoms with Crippen LogP contribution in [-0.2, 0) is 14.9 Å². The van der Waals surface area contributed by atoms with Crippen LogP contribution in [0, 0.1) is 6.92 Å². The maximum Gasteiger partial charge on any atom is 0.294 e. The summed E-state index contributed by atoms with van der Waals surface area (Å²) >= 11 is 0. The summed E-state index contributed by atoms with van der Waals surface area (Å²) in [6.07, 6.45) is 4.30. The molecule has 0 amide bonds. The summed E-state index contributed by atoms with van der Waals surface area (Å²) in [5.41, 5.74) is 2.11. The van der Waals surface area contributed by atoms with Gasteiger partial charge >= 0.3 is 0 Å². The molecule has 1 aromatic rings. The number of rotatable bonds is 3. The van der Waals surface area contributed by atoms with Crippen molar-refractivity contribution in [3.05, 3.63) is 29.3 Å². The van der Waals surface area contributed by atoms with E-state index in [1.807, 2.05) is 6.92 Å². The van der Waals surface area contributed by atoms with Crippen LogP contribution in [-0.4, -0.2) is 26.2 Å². The number of ether oxygens (including phenoxy) is 1. The van der Waals surface area contributed by atoms with Crippen molar-refractivity contribution in [3.63, 3.8) is 0 Å². The lowest BCUT2D eigenvalue weighted by Crippen LogP contribution is -2.20. The van der Waals surface area contributed by atoms with E-state index in [0.29, 0.717) is 12.0 Å². The Morgan fingerprint density at radius 1 is 1.21 bits per heavy atom. The Kier molecular flexibility index (Phi) is 4.28. The molecular weight excluding hydrogens is 264 g/mol. The van der Waals surface area contributed by atoms with Crippen molar-refractivity contribution in [2.24, 2.45) is 0 Å². The van der Waals surface area contributed by atoms with Gasteiger partial charge in [-0.3, -0.25) is 4.55 Å². The van der Waals surface area contributed by atoms with E-state index in [4.69, 9.17) is 9.29 Å². The fourth-order valence-electron chi connectivity index (χ4n) is 2.83. The predicted molar refractivity (Wildman–Crippen MR) is 73.0 cm³/mol. The third-order valence-electron chi connectivity index (χ3n) is 4.00. The second-order valence-electron chi connectivity index (χ2n) is 5.20. The molecule has 1 aliphatic rings. The molecule has 2 rings (SSSR count). The summed E-state index contributed by atoms with van der Waals surface area (Å²) in [4.78, 5) is -0.0121. The molecule has 0 unspecified atom stereocenters. The highest BCUT2D eigenvalue weighted by molar-refractivity contribution is 7.85. The number of aryl methyl sites for hydroxylation is 1. The lowest BCUT2D eigenvalue weighted by molar-refractivity contribution is 0.0658. The first-order valence-corrected chi connectivity index (χ1v) is 7.96. The van der Waals surface area contributed by atoms with Crippen molar-refractivity contribution in [2.75, 3.05) is 7.11 Å². The molecule has 0 heterocycles. The first kappa shape index (κ1) is 14.5. The van der Waals surface area contributed by atoms with E-state index in [-0.39, 0.29) is 4.90 Å². The Morgan fingerprint density at radius 3 is 2.37 bits per heavy atom. The molecule has 106 valence electrons. The van der Waals surface area contributed by atoms with Crippen molar-refractivity contribution < 1.29 is 17.7 Å². The van der Waals surface area contributed by atoms with Crippen LogP contribution in [0.15, 0.2) is 23.1 Å². The zero-order valence-electron chi connectivity index (χ0n) is 11.3. The van der Waals surface area contributed by atoms with E-state index < -0.39 is 10.1 Å². The van der Waals surface area contributed by atoms with Crippen molar-refractivity contribution in [2.45, 2.75) is 49.5 Å². The SMILES string of the molecule is CO[C@H]1CC[C@@H](c2cc(S(=O)(=O)O)ccc2C)CC1. The highest BCUT2D eigenvalue weighted by Gasteiger charge is 2.24. The van der Waals surface area contributed by atoms with Gasteiger partial charge in [-0.25, -0.2) is 0 Å². The second kappa shape index (κ2) is 5.61. The molecule has 0 aliphatic heterocycles. The van der Waals surface area contributed by atoms with Gasteiger partial charge in [-0.15, -0.1) is 0 Å². The van der Waals surface area contributed by atoms with Crippen molar-refractivity contribution in [3.8, 4) is 0 Å². The van der Waals surface area contributed by atoms with Gasteiger partial charge in [0.25, 0.3) is 10.1 Å². The molecule has 0 aromatic heterocycles. The van der Waals surface area contributed by atoms with Gasteiger partial charge in [-0.05, 0) is 61.8 Å². The Labute approximate surface area is 114 Å². The normalized spacial score (nSPS) is 24.4. The van der Waals surface area contributed by atoms with E-state index in [0.717, 1.165) is 36.8 Å². The Balaban J connectivity index is 2.25. The van der Waals surface area contributed by atoms with E-state index in [1.54, 1.807) is 19.2 Å². The van der Waals surface area contributed by atoms with Crippen LogP contribution in [0.4, 0.5) is 0 Å².